The van der Waals surface area contributed by atoms with E-state index in [1.807, 2.05) is 0 Å². The number of hydrogen-bond acceptors (Lipinski definition) is 3. The van der Waals surface area contributed by atoms with Gasteiger partial charge in [-0.1, -0.05) is 23.2 Å². The highest BCUT2D eigenvalue weighted by Gasteiger charge is 2.31. The first kappa shape index (κ1) is 14.8. The molecule has 98 valence electrons. The van der Waals surface area contributed by atoms with Crippen LogP contribution >= 0.6 is 23.2 Å². The van der Waals surface area contributed by atoms with Crippen molar-refractivity contribution in [2.45, 2.75) is 19.4 Å². The fraction of sp³-hybridized carbons (Fsp3) is 0.333. The van der Waals surface area contributed by atoms with Gasteiger partial charge in [0.05, 0.1) is 17.7 Å². The molecule has 0 heterocycles. The van der Waals surface area contributed by atoms with E-state index in [0.717, 1.165) is 0 Å². The fourth-order valence-corrected chi connectivity index (χ4v) is 1.70. The van der Waals surface area contributed by atoms with E-state index in [0.29, 0.717) is 5.02 Å². The number of ether oxygens (including phenoxy) is 1. The Bertz CT molecular complexity index is 486. The van der Waals surface area contributed by atoms with Crippen molar-refractivity contribution in [3.63, 3.8) is 0 Å². The van der Waals surface area contributed by atoms with Gasteiger partial charge in [0.15, 0.2) is 0 Å². The summed E-state index contributed by atoms with van der Waals surface area (Å²) in [6.45, 7) is 3.07. The summed E-state index contributed by atoms with van der Waals surface area (Å²) in [5.41, 5.74) is -0.932. The summed E-state index contributed by atoms with van der Waals surface area (Å²) in [5, 5.41) is 3.19. The van der Waals surface area contributed by atoms with E-state index in [-0.39, 0.29) is 10.6 Å². The van der Waals surface area contributed by atoms with Crippen molar-refractivity contribution in [1.82, 2.24) is 5.32 Å². The molecule has 0 aromatic heterocycles. The van der Waals surface area contributed by atoms with Gasteiger partial charge in [0.1, 0.15) is 5.54 Å². The van der Waals surface area contributed by atoms with Gasteiger partial charge in [-0.3, -0.25) is 4.79 Å². The van der Waals surface area contributed by atoms with Gasteiger partial charge >= 0.3 is 5.97 Å². The number of rotatable bonds is 3. The van der Waals surface area contributed by atoms with Crippen molar-refractivity contribution >= 4 is 35.1 Å². The minimum absolute atomic E-state index is 0.209. The molecule has 1 aromatic rings. The molecule has 0 aliphatic carbocycles. The van der Waals surface area contributed by atoms with Crippen LogP contribution in [0.1, 0.15) is 24.2 Å². The van der Waals surface area contributed by atoms with Crippen molar-refractivity contribution in [1.29, 1.82) is 0 Å². The highest BCUT2D eigenvalue weighted by molar-refractivity contribution is 6.35. The summed E-state index contributed by atoms with van der Waals surface area (Å²) < 4.78 is 4.59. The molecule has 6 heteroatoms. The van der Waals surface area contributed by atoms with E-state index in [9.17, 15) is 9.59 Å². The molecule has 0 aliphatic heterocycles. The predicted molar refractivity (Wildman–Crippen MR) is 70.0 cm³/mol. The van der Waals surface area contributed by atoms with Gasteiger partial charge in [0.2, 0.25) is 0 Å². The average molecular weight is 290 g/mol. The summed E-state index contributed by atoms with van der Waals surface area (Å²) in [6.07, 6.45) is 0. The minimum Gasteiger partial charge on any atom is -0.467 e. The molecule has 0 unspecified atom stereocenters. The van der Waals surface area contributed by atoms with Gasteiger partial charge in [-0.05, 0) is 32.0 Å². The number of methoxy groups -OCH3 is 1. The van der Waals surface area contributed by atoms with E-state index in [1.165, 1.54) is 33.1 Å². The van der Waals surface area contributed by atoms with Crippen molar-refractivity contribution in [2.24, 2.45) is 0 Å². The number of hydrogen-bond donors (Lipinski definition) is 1. The van der Waals surface area contributed by atoms with E-state index in [4.69, 9.17) is 23.2 Å². The molecule has 0 spiro atoms. The Morgan fingerprint density at radius 2 is 1.89 bits per heavy atom. The highest BCUT2D eigenvalue weighted by atomic mass is 35.5. The van der Waals surface area contributed by atoms with Gasteiger partial charge in [0, 0.05) is 5.02 Å². The van der Waals surface area contributed by atoms with Crippen molar-refractivity contribution in [2.75, 3.05) is 7.11 Å². The maximum Gasteiger partial charge on any atom is 0.330 e. The molecule has 0 fully saturated rings. The Kier molecular flexibility index (Phi) is 4.59. The monoisotopic (exact) mass is 289 g/mol. The molecule has 1 amide bonds. The summed E-state index contributed by atoms with van der Waals surface area (Å²) >= 11 is 11.7. The Morgan fingerprint density at radius 1 is 1.28 bits per heavy atom. The molecule has 0 saturated carbocycles. The third-order valence-corrected chi connectivity index (χ3v) is 2.86. The third kappa shape index (κ3) is 3.37. The molecule has 4 nitrogen and oxygen atoms in total. The maximum absolute atomic E-state index is 12.0. The Morgan fingerprint density at radius 3 is 2.44 bits per heavy atom. The first-order valence-corrected chi connectivity index (χ1v) is 5.89. The number of halogens is 2. The van der Waals surface area contributed by atoms with Crippen molar-refractivity contribution in [3.05, 3.63) is 33.8 Å². The molecule has 18 heavy (non-hydrogen) atoms. The number of esters is 1. The minimum atomic E-state index is -1.14. The normalized spacial score (nSPS) is 10.9. The first-order chi connectivity index (χ1) is 8.27. The average Bonchev–Trinajstić information content (AvgIpc) is 2.30. The van der Waals surface area contributed by atoms with E-state index in [1.54, 1.807) is 6.07 Å². The van der Waals surface area contributed by atoms with Crippen LogP contribution in [0.2, 0.25) is 10.0 Å². The zero-order chi connectivity index (χ0) is 13.9. The lowest BCUT2D eigenvalue weighted by Gasteiger charge is -2.23. The largest absolute Gasteiger partial charge is 0.467 e. The van der Waals surface area contributed by atoms with Crippen LogP contribution < -0.4 is 5.32 Å². The molecule has 1 aromatic carbocycles. The number of carbonyl (C=O) groups is 2. The summed E-state index contributed by atoms with van der Waals surface area (Å²) in [4.78, 5) is 23.4. The quantitative estimate of drug-likeness (QED) is 0.871. The molecule has 0 atom stereocenters. The fourth-order valence-electron chi connectivity index (χ4n) is 1.33. The maximum atomic E-state index is 12.0. The van der Waals surface area contributed by atoms with Crippen LogP contribution in [0.15, 0.2) is 18.2 Å². The summed E-state index contributed by atoms with van der Waals surface area (Å²) in [5.74, 6) is -1.04. The van der Waals surface area contributed by atoms with Gasteiger partial charge < -0.3 is 10.1 Å². The number of carbonyl (C=O) groups excluding carboxylic acids is 2. The highest BCUT2D eigenvalue weighted by Crippen LogP contribution is 2.21. The Balaban J connectivity index is 2.95. The topological polar surface area (TPSA) is 55.4 Å². The first-order valence-electron chi connectivity index (χ1n) is 5.14. The van der Waals surface area contributed by atoms with Crippen LogP contribution in [0.4, 0.5) is 0 Å². The lowest BCUT2D eigenvalue weighted by atomic mass is 10.1. The Hall–Kier alpha value is -1.26. The second-order valence-electron chi connectivity index (χ2n) is 4.19. The molecule has 1 N–H and O–H groups in total. The molecule has 0 radical (unpaired) electrons. The van der Waals surface area contributed by atoms with Crippen LogP contribution in [-0.4, -0.2) is 24.5 Å². The SMILES string of the molecule is COC(=O)C(C)(C)NC(=O)c1cc(Cl)ccc1Cl. The van der Waals surface area contributed by atoms with Crippen molar-refractivity contribution in [3.8, 4) is 0 Å². The molecule has 0 bridgehead atoms. The third-order valence-electron chi connectivity index (χ3n) is 2.29. The number of benzene rings is 1. The van der Waals surface area contributed by atoms with E-state index < -0.39 is 17.4 Å². The van der Waals surface area contributed by atoms with E-state index >= 15 is 0 Å². The van der Waals surface area contributed by atoms with Crippen LogP contribution in [0, 0.1) is 0 Å². The number of amides is 1. The van der Waals surface area contributed by atoms with Crippen LogP contribution in [0.5, 0.6) is 0 Å². The number of nitrogens with one attached hydrogen (secondary N) is 1. The molecule has 0 saturated heterocycles. The van der Waals surface area contributed by atoms with E-state index in [2.05, 4.69) is 10.1 Å². The predicted octanol–water partition coefficient (Wildman–Crippen LogP) is 2.67. The van der Waals surface area contributed by atoms with Crippen LogP contribution in [-0.2, 0) is 9.53 Å². The summed E-state index contributed by atoms with van der Waals surface area (Å²) in [7, 11) is 1.25. The lowest BCUT2D eigenvalue weighted by Crippen LogP contribution is -2.50. The van der Waals surface area contributed by atoms with Crippen LogP contribution in [0.3, 0.4) is 0 Å². The lowest BCUT2D eigenvalue weighted by molar-refractivity contribution is -0.146. The van der Waals surface area contributed by atoms with Gasteiger partial charge in [0.25, 0.3) is 5.91 Å². The molecular formula is C12H13Cl2NO3. The van der Waals surface area contributed by atoms with Gasteiger partial charge in [-0.15, -0.1) is 0 Å². The van der Waals surface area contributed by atoms with Gasteiger partial charge in [-0.2, -0.15) is 0 Å². The summed E-state index contributed by atoms with van der Waals surface area (Å²) in [6, 6.07) is 4.53. The molecular weight excluding hydrogens is 277 g/mol. The second-order valence-corrected chi connectivity index (χ2v) is 5.04. The zero-order valence-corrected chi connectivity index (χ0v) is 11.7. The standard InChI is InChI=1S/C12H13Cl2NO3/c1-12(2,11(17)18-3)15-10(16)8-6-7(13)4-5-9(8)14/h4-6H,1-3H3,(H,15,16). The smallest absolute Gasteiger partial charge is 0.330 e. The van der Waals surface area contributed by atoms with Crippen LogP contribution in [0.25, 0.3) is 0 Å². The Labute approximate surface area is 115 Å². The molecule has 0 aliphatic rings. The second kappa shape index (κ2) is 5.59. The molecule has 1 rings (SSSR count). The zero-order valence-electron chi connectivity index (χ0n) is 10.2. The van der Waals surface area contributed by atoms with Crippen molar-refractivity contribution < 1.29 is 14.3 Å². The van der Waals surface area contributed by atoms with Gasteiger partial charge in [-0.25, -0.2) is 4.79 Å².